The molecule has 0 spiro atoms. The fourth-order valence-corrected chi connectivity index (χ4v) is 3.70. The average Bonchev–Trinajstić information content (AvgIpc) is 2.68. The summed E-state index contributed by atoms with van der Waals surface area (Å²) in [5.41, 5.74) is 2.55. The number of halogens is 3. The van der Waals surface area contributed by atoms with E-state index in [0.717, 1.165) is 15.9 Å². The van der Waals surface area contributed by atoms with Crippen LogP contribution in [0.5, 0.6) is 0 Å². The van der Waals surface area contributed by atoms with E-state index in [4.69, 9.17) is 11.6 Å². The van der Waals surface area contributed by atoms with E-state index in [9.17, 15) is 0 Å². The molecule has 0 fully saturated rings. The summed E-state index contributed by atoms with van der Waals surface area (Å²) in [4.78, 5) is 0.303. The molecule has 0 N–H and O–H groups in total. The van der Waals surface area contributed by atoms with E-state index in [1.54, 1.807) is 11.3 Å². The average molecular weight is 381 g/mol. The van der Waals surface area contributed by atoms with Gasteiger partial charge in [-0.15, -0.1) is 0 Å². The first-order valence-electron chi connectivity index (χ1n) is 4.76. The molecule has 0 amide bonds. The number of alkyl halides is 1. The van der Waals surface area contributed by atoms with Crippen molar-refractivity contribution in [3.63, 3.8) is 0 Å². The quantitative estimate of drug-likeness (QED) is 0.587. The van der Waals surface area contributed by atoms with Crippen molar-refractivity contribution in [3.05, 3.63) is 55.6 Å². The highest BCUT2D eigenvalue weighted by Gasteiger charge is 2.10. The third-order valence-corrected chi connectivity index (χ3v) is 4.50. The summed E-state index contributed by atoms with van der Waals surface area (Å²) in [6, 6.07) is 8.14. The Bertz CT molecular complexity index is 448. The van der Waals surface area contributed by atoms with Crippen LogP contribution in [0.2, 0.25) is 5.02 Å². The molecular formula is C12H9Br2ClS. The van der Waals surface area contributed by atoms with E-state index in [2.05, 4.69) is 54.8 Å². The Morgan fingerprint density at radius 3 is 2.75 bits per heavy atom. The molecule has 1 aromatic carbocycles. The highest BCUT2D eigenvalue weighted by molar-refractivity contribution is 9.10. The lowest BCUT2D eigenvalue weighted by molar-refractivity contribution is 0.953. The first-order chi connectivity index (χ1) is 7.65. The van der Waals surface area contributed by atoms with Crippen LogP contribution in [0.1, 0.15) is 16.0 Å². The van der Waals surface area contributed by atoms with Crippen LogP contribution in [0.15, 0.2) is 39.5 Å². The van der Waals surface area contributed by atoms with Crippen LogP contribution >= 0.6 is 54.8 Å². The van der Waals surface area contributed by atoms with Crippen molar-refractivity contribution >= 4 is 54.8 Å². The molecule has 0 bridgehead atoms. The standard InChI is InChI=1S/C12H9Br2ClS/c13-10-4-9(5-11(15)6-10)12(14)3-8-1-2-16-7-8/h1-2,4-7,12H,3H2. The fourth-order valence-electron chi connectivity index (χ4n) is 1.49. The largest absolute Gasteiger partial charge is 0.152 e. The molecule has 84 valence electrons. The zero-order valence-corrected chi connectivity index (χ0v) is 13.0. The van der Waals surface area contributed by atoms with Gasteiger partial charge in [0.15, 0.2) is 0 Å². The van der Waals surface area contributed by atoms with Gasteiger partial charge in [-0.2, -0.15) is 11.3 Å². The molecule has 1 aromatic heterocycles. The number of hydrogen-bond acceptors (Lipinski definition) is 1. The molecule has 2 rings (SSSR count). The number of benzene rings is 1. The van der Waals surface area contributed by atoms with E-state index < -0.39 is 0 Å². The van der Waals surface area contributed by atoms with Gasteiger partial charge in [-0.25, -0.2) is 0 Å². The topological polar surface area (TPSA) is 0 Å². The lowest BCUT2D eigenvalue weighted by Gasteiger charge is -2.10. The maximum atomic E-state index is 6.03. The highest BCUT2D eigenvalue weighted by Crippen LogP contribution is 2.31. The second-order valence-electron chi connectivity index (χ2n) is 3.51. The van der Waals surface area contributed by atoms with Gasteiger partial charge < -0.3 is 0 Å². The molecule has 1 atom stereocenters. The molecule has 4 heteroatoms. The molecular weight excluding hydrogens is 371 g/mol. The van der Waals surface area contributed by atoms with Crippen LogP contribution in [0.3, 0.4) is 0 Å². The van der Waals surface area contributed by atoms with E-state index >= 15 is 0 Å². The Labute approximate surface area is 121 Å². The second-order valence-corrected chi connectivity index (χ2v) is 6.74. The van der Waals surface area contributed by atoms with Crippen LogP contribution in [0, 0.1) is 0 Å². The van der Waals surface area contributed by atoms with Crippen molar-refractivity contribution in [1.82, 2.24) is 0 Å². The summed E-state index contributed by atoms with van der Waals surface area (Å²) < 4.78 is 1.02. The van der Waals surface area contributed by atoms with Gasteiger partial charge in [-0.1, -0.05) is 43.5 Å². The van der Waals surface area contributed by atoms with Crippen molar-refractivity contribution in [1.29, 1.82) is 0 Å². The summed E-state index contributed by atoms with van der Waals surface area (Å²) in [6.07, 6.45) is 0.982. The minimum Gasteiger partial charge on any atom is -0.152 e. The molecule has 0 aliphatic heterocycles. The minimum atomic E-state index is 0.303. The van der Waals surface area contributed by atoms with Gasteiger partial charge in [0.25, 0.3) is 0 Å². The van der Waals surface area contributed by atoms with Crippen LogP contribution in [-0.2, 0) is 6.42 Å². The fraction of sp³-hybridized carbons (Fsp3) is 0.167. The summed E-state index contributed by atoms with van der Waals surface area (Å²) in [5, 5.41) is 5.04. The van der Waals surface area contributed by atoms with Crippen molar-refractivity contribution in [3.8, 4) is 0 Å². The molecule has 0 aliphatic rings. The SMILES string of the molecule is Clc1cc(Br)cc(C(Br)Cc2ccsc2)c1. The lowest BCUT2D eigenvalue weighted by atomic mass is 10.1. The van der Waals surface area contributed by atoms with Crippen molar-refractivity contribution in [2.75, 3.05) is 0 Å². The maximum absolute atomic E-state index is 6.03. The Balaban J connectivity index is 2.17. The number of thiophene rings is 1. The molecule has 2 aromatic rings. The van der Waals surface area contributed by atoms with Crippen molar-refractivity contribution in [2.45, 2.75) is 11.2 Å². The van der Waals surface area contributed by atoms with Gasteiger partial charge in [0, 0.05) is 14.3 Å². The van der Waals surface area contributed by atoms with Crippen molar-refractivity contribution < 1.29 is 0 Å². The smallest absolute Gasteiger partial charge is 0.0436 e. The van der Waals surface area contributed by atoms with E-state index in [1.165, 1.54) is 11.1 Å². The first kappa shape index (κ1) is 12.6. The summed E-state index contributed by atoms with van der Waals surface area (Å²) >= 11 is 14.9. The highest BCUT2D eigenvalue weighted by atomic mass is 79.9. The van der Waals surface area contributed by atoms with Gasteiger partial charge in [0.05, 0.1) is 0 Å². The van der Waals surface area contributed by atoms with Gasteiger partial charge in [-0.05, 0) is 52.6 Å². The Morgan fingerprint density at radius 1 is 1.31 bits per heavy atom. The lowest BCUT2D eigenvalue weighted by Crippen LogP contribution is -1.94. The zero-order valence-electron chi connectivity index (χ0n) is 8.29. The second kappa shape index (κ2) is 5.67. The summed E-state index contributed by atoms with van der Waals surface area (Å²) in [7, 11) is 0. The van der Waals surface area contributed by atoms with Crippen molar-refractivity contribution in [2.24, 2.45) is 0 Å². The minimum absolute atomic E-state index is 0.303. The normalized spacial score (nSPS) is 12.7. The van der Waals surface area contributed by atoms with Gasteiger partial charge >= 0.3 is 0 Å². The number of rotatable bonds is 3. The monoisotopic (exact) mass is 378 g/mol. The maximum Gasteiger partial charge on any atom is 0.0436 e. The van der Waals surface area contributed by atoms with Crippen LogP contribution in [0.25, 0.3) is 0 Å². The summed E-state index contributed by atoms with van der Waals surface area (Å²) in [6.45, 7) is 0. The van der Waals surface area contributed by atoms with Gasteiger partial charge in [-0.3, -0.25) is 0 Å². The Hall–Kier alpha value is 0.170. The third-order valence-electron chi connectivity index (χ3n) is 2.24. The molecule has 0 radical (unpaired) electrons. The van der Waals surface area contributed by atoms with E-state index in [0.29, 0.717) is 4.83 Å². The predicted molar refractivity (Wildman–Crippen MR) is 78.8 cm³/mol. The molecule has 1 unspecified atom stereocenters. The van der Waals surface area contributed by atoms with Crippen LogP contribution < -0.4 is 0 Å². The van der Waals surface area contributed by atoms with E-state index in [1.807, 2.05) is 12.1 Å². The van der Waals surface area contributed by atoms with E-state index in [-0.39, 0.29) is 0 Å². The molecule has 0 aliphatic carbocycles. The van der Waals surface area contributed by atoms with Crippen LogP contribution in [-0.4, -0.2) is 0 Å². The Kier molecular flexibility index (Phi) is 4.48. The predicted octanol–water partition coefficient (Wildman–Crippen LogP) is 5.84. The Morgan fingerprint density at radius 2 is 2.12 bits per heavy atom. The van der Waals surface area contributed by atoms with Gasteiger partial charge in [0.1, 0.15) is 0 Å². The first-order valence-corrected chi connectivity index (χ1v) is 7.79. The molecule has 16 heavy (non-hydrogen) atoms. The third kappa shape index (κ3) is 3.33. The molecule has 0 saturated heterocycles. The molecule has 0 saturated carbocycles. The zero-order chi connectivity index (χ0) is 11.5. The van der Waals surface area contributed by atoms with Crippen LogP contribution in [0.4, 0.5) is 0 Å². The van der Waals surface area contributed by atoms with Gasteiger partial charge in [0.2, 0.25) is 0 Å². The molecule has 1 heterocycles. The summed E-state index contributed by atoms with van der Waals surface area (Å²) in [5.74, 6) is 0. The molecule has 0 nitrogen and oxygen atoms in total. The number of hydrogen-bond donors (Lipinski definition) is 0.